The molecule has 0 spiro atoms. The summed E-state index contributed by atoms with van der Waals surface area (Å²) in [6, 6.07) is 1.24. The molecule has 7 heteroatoms. The number of esters is 1. The number of nitrogens with zero attached hydrogens (tertiary/aromatic N) is 1. The third kappa shape index (κ3) is 1.91. The van der Waals surface area contributed by atoms with Gasteiger partial charge in [-0.1, -0.05) is 0 Å². The number of carbonyl (C=O) groups is 1. The second-order valence-corrected chi connectivity index (χ2v) is 5.10. The van der Waals surface area contributed by atoms with Crippen molar-refractivity contribution in [1.29, 1.82) is 0 Å². The molecule has 0 aliphatic heterocycles. The van der Waals surface area contributed by atoms with Crippen LogP contribution >= 0.6 is 10.7 Å². The summed E-state index contributed by atoms with van der Waals surface area (Å²) in [5.74, 6) is -0.739. The zero-order valence-corrected chi connectivity index (χ0v) is 9.09. The molecule has 0 aliphatic carbocycles. The molecule has 1 aromatic heterocycles. The van der Waals surface area contributed by atoms with Gasteiger partial charge in [0.1, 0.15) is 10.6 Å². The third-order valence-electron chi connectivity index (χ3n) is 1.68. The molecule has 0 saturated carbocycles. The van der Waals surface area contributed by atoms with Gasteiger partial charge in [0.2, 0.25) is 0 Å². The third-order valence-corrected chi connectivity index (χ3v) is 3.03. The molecule has 0 N–H and O–H groups in total. The lowest BCUT2D eigenvalue weighted by molar-refractivity contribution is 0.0585. The Balaban J connectivity index is 3.42. The number of rotatable bonds is 2. The van der Waals surface area contributed by atoms with Crippen LogP contribution in [0.1, 0.15) is 10.5 Å². The Morgan fingerprint density at radius 1 is 1.57 bits per heavy atom. The number of hydrogen-bond acceptors (Lipinski definition) is 4. The number of ether oxygens (including phenoxy) is 1. The number of halogens is 1. The highest BCUT2D eigenvalue weighted by Gasteiger charge is 2.24. The summed E-state index contributed by atoms with van der Waals surface area (Å²) >= 11 is 0. The molecule has 0 aromatic carbocycles. The van der Waals surface area contributed by atoms with Crippen molar-refractivity contribution >= 4 is 25.7 Å². The summed E-state index contributed by atoms with van der Waals surface area (Å²) in [5.41, 5.74) is -0.0810. The Bertz CT molecular complexity index is 462. The maximum Gasteiger partial charge on any atom is 0.356 e. The van der Waals surface area contributed by atoms with E-state index in [2.05, 4.69) is 4.74 Å². The smallest absolute Gasteiger partial charge is 0.356 e. The molecule has 0 bridgehead atoms. The van der Waals surface area contributed by atoms with E-state index in [1.165, 1.54) is 31.0 Å². The fourth-order valence-corrected chi connectivity index (χ4v) is 2.10. The summed E-state index contributed by atoms with van der Waals surface area (Å²) in [4.78, 5) is 11.0. The van der Waals surface area contributed by atoms with Gasteiger partial charge < -0.3 is 9.30 Å². The molecule has 0 saturated heterocycles. The quantitative estimate of drug-likeness (QED) is 0.562. The minimum atomic E-state index is -3.92. The Morgan fingerprint density at radius 2 is 2.14 bits per heavy atom. The van der Waals surface area contributed by atoms with E-state index >= 15 is 0 Å². The van der Waals surface area contributed by atoms with Crippen molar-refractivity contribution in [3.8, 4) is 0 Å². The number of methoxy groups -OCH3 is 1. The molecule has 0 aliphatic rings. The van der Waals surface area contributed by atoms with Crippen molar-refractivity contribution in [3.63, 3.8) is 0 Å². The van der Waals surface area contributed by atoms with E-state index in [9.17, 15) is 13.2 Å². The van der Waals surface area contributed by atoms with Crippen LogP contribution in [-0.4, -0.2) is 26.1 Å². The lowest BCUT2D eigenvalue weighted by Crippen LogP contribution is -2.10. The normalized spacial score (nSPS) is 11.4. The summed E-state index contributed by atoms with van der Waals surface area (Å²) in [7, 11) is 3.90. The van der Waals surface area contributed by atoms with Gasteiger partial charge in [-0.05, 0) is 6.07 Å². The molecule has 1 heterocycles. The predicted molar refractivity (Wildman–Crippen MR) is 49.8 cm³/mol. The van der Waals surface area contributed by atoms with Gasteiger partial charge >= 0.3 is 5.97 Å². The number of aryl methyl sites for hydroxylation is 1. The van der Waals surface area contributed by atoms with Crippen molar-refractivity contribution in [2.45, 2.75) is 4.90 Å². The topological polar surface area (TPSA) is 65.4 Å². The van der Waals surface area contributed by atoms with Crippen LogP contribution in [0, 0.1) is 0 Å². The Labute approximate surface area is 85.7 Å². The first-order valence-electron chi connectivity index (χ1n) is 3.56. The second kappa shape index (κ2) is 3.62. The SMILES string of the molecule is COC(=O)c1c(S(=O)(=O)Cl)ccn1C. The molecule has 5 nitrogen and oxygen atoms in total. The van der Waals surface area contributed by atoms with Crippen molar-refractivity contribution in [2.75, 3.05) is 7.11 Å². The molecule has 0 amide bonds. The van der Waals surface area contributed by atoms with Crippen LogP contribution in [0.3, 0.4) is 0 Å². The number of hydrogen-bond donors (Lipinski definition) is 0. The minimum absolute atomic E-state index is 0.0810. The Morgan fingerprint density at radius 3 is 2.57 bits per heavy atom. The Hall–Kier alpha value is -1.01. The van der Waals surface area contributed by atoms with E-state index in [4.69, 9.17) is 10.7 Å². The number of carbonyl (C=O) groups excluding carboxylic acids is 1. The van der Waals surface area contributed by atoms with Crippen LogP contribution in [0.5, 0.6) is 0 Å². The monoisotopic (exact) mass is 237 g/mol. The molecule has 0 atom stereocenters. The second-order valence-electron chi connectivity index (χ2n) is 2.57. The fraction of sp³-hybridized carbons (Fsp3) is 0.286. The Kier molecular flexibility index (Phi) is 2.86. The van der Waals surface area contributed by atoms with Crippen LogP contribution in [-0.2, 0) is 20.8 Å². The first-order valence-corrected chi connectivity index (χ1v) is 5.87. The highest BCUT2D eigenvalue weighted by molar-refractivity contribution is 8.13. The van der Waals surface area contributed by atoms with Crippen molar-refractivity contribution in [1.82, 2.24) is 4.57 Å². The lowest BCUT2D eigenvalue weighted by atomic mass is 10.4. The average molecular weight is 238 g/mol. The van der Waals surface area contributed by atoms with Crippen molar-refractivity contribution in [3.05, 3.63) is 18.0 Å². The molecular weight excluding hydrogens is 230 g/mol. The zero-order chi connectivity index (χ0) is 10.9. The van der Waals surface area contributed by atoms with E-state index in [-0.39, 0.29) is 10.6 Å². The number of aromatic nitrogens is 1. The highest BCUT2D eigenvalue weighted by Crippen LogP contribution is 2.21. The van der Waals surface area contributed by atoms with Crippen LogP contribution in [0.2, 0.25) is 0 Å². The van der Waals surface area contributed by atoms with Gasteiger partial charge in [0.05, 0.1) is 7.11 Å². The van der Waals surface area contributed by atoms with Crippen molar-refractivity contribution in [2.24, 2.45) is 7.05 Å². The van der Waals surface area contributed by atoms with Gasteiger partial charge in [-0.15, -0.1) is 0 Å². The van der Waals surface area contributed by atoms with Gasteiger partial charge in [0, 0.05) is 23.9 Å². The molecule has 1 rings (SSSR count). The van der Waals surface area contributed by atoms with E-state index < -0.39 is 15.0 Å². The molecule has 14 heavy (non-hydrogen) atoms. The van der Waals surface area contributed by atoms with E-state index in [0.717, 1.165) is 0 Å². The zero-order valence-electron chi connectivity index (χ0n) is 7.52. The minimum Gasteiger partial charge on any atom is -0.464 e. The van der Waals surface area contributed by atoms with E-state index in [1.54, 1.807) is 0 Å². The largest absolute Gasteiger partial charge is 0.464 e. The molecule has 0 unspecified atom stereocenters. The molecule has 78 valence electrons. The van der Waals surface area contributed by atoms with Gasteiger partial charge in [-0.2, -0.15) is 0 Å². The molecule has 0 fully saturated rings. The molecular formula is C7H8ClNO4S. The van der Waals surface area contributed by atoms with Crippen molar-refractivity contribution < 1.29 is 17.9 Å². The highest BCUT2D eigenvalue weighted by atomic mass is 35.7. The lowest BCUT2D eigenvalue weighted by Gasteiger charge is -2.02. The summed E-state index contributed by atoms with van der Waals surface area (Å²) in [6.45, 7) is 0. The van der Waals surface area contributed by atoms with Gasteiger partial charge in [0.15, 0.2) is 0 Å². The van der Waals surface area contributed by atoms with E-state index in [0.29, 0.717) is 0 Å². The maximum atomic E-state index is 11.2. The summed E-state index contributed by atoms with van der Waals surface area (Å²) in [6.07, 6.45) is 1.42. The standard InChI is InChI=1S/C7H8ClNO4S/c1-9-4-3-5(14(8,11)12)6(9)7(10)13-2/h3-4H,1-2H3. The molecule has 1 aromatic rings. The first kappa shape index (κ1) is 11.1. The van der Waals surface area contributed by atoms with Crippen LogP contribution in [0.15, 0.2) is 17.2 Å². The van der Waals surface area contributed by atoms with Gasteiger partial charge in [0.25, 0.3) is 9.05 Å². The average Bonchev–Trinajstić information content (AvgIpc) is 2.45. The van der Waals surface area contributed by atoms with Gasteiger partial charge in [-0.3, -0.25) is 0 Å². The van der Waals surface area contributed by atoms with Crippen LogP contribution < -0.4 is 0 Å². The maximum absolute atomic E-state index is 11.2. The fourth-order valence-electron chi connectivity index (χ4n) is 1.04. The molecule has 0 radical (unpaired) electrons. The first-order chi connectivity index (χ1) is 6.38. The van der Waals surface area contributed by atoms with Gasteiger partial charge in [-0.25, -0.2) is 13.2 Å². The van der Waals surface area contributed by atoms with Crippen LogP contribution in [0.25, 0.3) is 0 Å². The summed E-state index contributed by atoms with van der Waals surface area (Å²) in [5, 5.41) is 0. The predicted octanol–water partition coefficient (Wildman–Crippen LogP) is 0.739. The van der Waals surface area contributed by atoms with E-state index in [1.807, 2.05) is 0 Å². The van der Waals surface area contributed by atoms with Crippen LogP contribution in [0.4, 0.5) is 0 Å². The summed E-state index contributed by atoms with van der Waals surface area (Å²) < 4.78 is 27.8.